The number of hydrogen-bond acceptors (Lipinski definition) is 5. The van der Waals surface area contributed by atoms with Crippen LogP contribution in [0.3, 0.4) is 0 Å². The van der Waals surface area contributed by atoms with Crippen molar-refractivity contribution < 1.29 is 24.5 Å². The fourth-order valence-corrected chi connectivity index (χ4v) is 4.75. The molecule has 1 fully saturated rings. The van der Waals surface area contributed by atoms with E-state index in [1.165, 1.54) is 35.2 Å². The monoisotopic (exact) mass is 511 g/mol. The molecule has 3 aromatic rings. The number of rotatable bonds is 5. The first-order valence-electron chi connectivity index (χ1n) is 10.9. The number of benzene rings is 3. The van der Waals surface area contributed by atoms with Gasteiger partial charge in [0.25, 0.3) is 11.7 Å². The number of ether oxygens (including phenoxy) is 1. The fraction of sp³-hybridized carbons (Fsp3) is 0.185. The molecule has 1 amide bonds. The van der Waals surface area contributed by atoms with Crippen LogP contribution in [0.1, 0.15) is 42.5 Å². The molecule has 1 aliphatic rings. The fourth-order valence-electron chi connectivity index (χ4n) is 4.24. The SMILES string of the molecule is COc1ccc(/C(O)=C2/C(=O)C(=O)N(c3cc(Cl)cc(Cl)c3)C2c2ccc(O)cc2)cc1C(C)C. The van der Waals surface area contributed by atoms with Crippen molar-refractivity contribution in [1.29, 1.82) is 0 Å². The van der Waals surface area contributed by atoms with Gasteiger partial charge in [0, 0.05) is 21.3 Å². The molecule has 180 valence electrons. The Bertz CT molecular complexity index is 1330. The average molecular weight is 512 g/mol. The summed E-state index contributed by atoms with van der Waals surface area (Å²) in [5.74, 6) is -1.24. The molecule has 2 N–H and O–H groups in total. The van der Waals surface area contributed by atoms with Gasteiger partial charge in [-0.1, -0.05) is 49.2 Å². The molecule has 35 heavy (non-hydrogen) atoms. The molecule has 1 unspecified atom stereocenters. The van der Waals surface area contributed by atoms with Crippen LogP contribution >= 0.6 is 23.2 Å². The largest absolute Gasteiger partial charge is 0.508 e. The molecule has 0 saturated carbocycles. The lowest BCUT2D eigenvalue weighted by Crippen LogP contribution is -2.29. The summed E-state index contributed by atoms with van der Waals surface area (Å²) < 4.78 is 5.43. The summed E-state index contributed by atoms with van der Waals surface area (Å²) in [6, 6.07) is 14.8. The molecule has 1 aliphatic heterocycles. The molecule has 8 heteroatoms. The second-order valence-electron chi connectivity index (χ2n) is 8.50. The maximum absolute atomic E-state index is 13.3. The number of amides is 1. The lowest BCUT2D eigenvalue weighted by molar-refractivity contribution is -0.132. The number of methoxy groups -OCH3 is 1. The van der Waals surface area contributed by atoms with E-state index in [1.807, 2.05) is 13.8 Å². The Hall–Kier alpha value is -3.48. The van der Waals surface area contributed by atoms with E-state index in [2.05, 4.69) is 0 Å². The normalized spacial score (nSPS) is 17.3. The third-order valence-corrected chi connectivity index (χ3v) is 6.34. The number of ketones is 1. The van der Waals surface area contributed by atoms with Crippen molar-refractivity contribution in [2.75, 3.05) is 12.0 Å². The molecule has 6 nitrogen and oxygen atoms in total. The number of Topliss-reactive ketones (excluding diaryl/α,β-unsaturated/α-hetero) is 1. The van der Waals surface area contributed by atoms with E-state index < -0.39 is 17.7 Å². The Morgan fingerprint density at radius 1 is 0.971 bits per heavy atom. The molecule has 4 rings (SSSR count). The highest BCUT2D eigenvalue weighted by Gasteiger charge is 2.47. The standard InChI is InChI=1S/C27H23Cl2NO5/c1-14(2)21-10-16(6-9-22(21)35-3)25(32)23-24(15-4-7-20(31)8-5-15)30(27(34)26(23)33)19-12-17(28)11-18(29)13-19/h4-14,24,31-32H,1-3H3/b25-23-. The van der Waals surface area contributed by atoms with Crippen LogP contribution in [-0.4, -0.2) is 29.0 Å². The van der Waals surface area contributed by atoms with Gasteiger partial charge in [-0.3, -0.25) is 14.5 Å². The smallest absolute Gasteiger partial charge is 0.300 e. The molecule has 1 saturated heterocycles. The topological polar surface area (TPSA) is 87.1 Å². The summed E-state index contributed by atoms with van der Waals surface area (Å²) in [5.41, 5.74) is 1.95. The second kappa shape index (κ2) is 9.64. The zero-order chi connectivity index (χ0) is 25.4. The number of aromatic hydroxyl groups is 1. The van der Waals surface area contributed by atoms with E-state index in [0.29, 0.717) is 22.6 Å². The van der Waals surface area contributed by atoms with Crippen molar-refractivity contribution in [3.05, 3.63) is 93.0 Å². The van der Waals surface area contributed by atoms with Gasteiger partial charge in [0.15, 0.2) is 0 Å². The van der Waals surface area contributed by atoms with Crippen LogP contribution in [0.4, 0.5) is 5.69 Å². The summed E-state index contributed by atoms with van der Waals surface area (Å²) in [6.07, 6.45) is 0. The minimum absolute atomic E-state index is 0.0215. The average Bonchev–Trinajstić information content (AvgIpc) is 3.08. The maximum Gasteiger partial charge on any atom is 0.300 e. The van der Waals surface area contributed by atoms with Gasteiger partial charge in [-0.05, 0) is 65.6 Å². The van der Waals surface area contributed by atoms with Crippen LogP contribution in [0.15, 0.2) is 66.2 Å². The number of anilines is 1. The van der Waals surface area contributed by atoms with Gasteiger partial charge >= 0.3 is 0 Å². The molecule has 0 aliphatic carbocycles. The van der Waals surface area contributed by atoms with Crippen molar-refractivity contribution in [3.63, 3.8) is 0 Å². The number of aliphatic hydroxyl groups is 1. The van der Waals surface area contributed by atoms with Crippen molar-refractivity contribution in [2.24, 2.45) is 0 Å². The highest BCUT2D eigenvalue weighted by atomic mass is 35.5. The highest BCUT2D eigenvalue weighted by Crippen LogP contribution is 2.44. The van der Waals surface area contributed by atoms with Gasteiger partial charge in [-0.2, -0.15) is 0 Å². The van der Waals surface area contributed by atoms with Crippen molar-refractivity contribution in [3.8, 4) is 11.5 Å². The van der Waals surface area contributed by atoms with Crippen LogP contribution < -0.4 is 9.64 Å². The number of carbonyl (C=O) groups is 2. The molecule has 3 aromatic carbocycles. The summed E-state index contributed by atoms with van der Waals surface area (Å²) in [6.45, 7) is 3.97. The summed E-state index contributed by atoms with van der Waals surface area (Å²) in [7, 11) is 1.56. The van der Waals surface area contributed by atoms with Crippen molar-refractivity contribution in [2.45, 2.75) is 25.8 Å². The molecular formula is C27H23Cl2NO5. The number of phenolic OH excluding ortho intramolecular Hbond substituents is 1. The van der Waals surface area contributed by atoms with Gasteiger partial charge < -0.3 is 14.9 Å². The van der Waals surface area contributed by atoms with Crippen LogP contribution in [0.5, 0.6) is 11.5 Å². The number of halogens is 2. The zero-order valence-electron chi connectivity index (χ0n) is 19.3. The third kappa shape index (κ3) is 4.59. The predicted octanol–water partition coefficient (Wildman–Crippen LogP) is 6.46. The van der Waals surface area contributed by atoms with Crippen LogP contribution in [0.2, 0.25) is 10.0 Å². The number of aliphatic hydroxyl groups excluding tert-OH is 1. The highest BCUT2D eigenvalue weighted by molar-refractivity contribution is 6.52. The first kappa shape index (κ1) is 24.6. The quantitative estimate of drug-likeness (QED) is 0.233. The van der Waals surface area contributed by atoms with E-state index in [9.17, 15) is 19.8 Å². The molecule has 0 aromatic heterocycles. The number of nitrogens with zero attached hydrogens (tertiary/aromatic N) is 1. The van der Waals surface area contributed by atoms with E-state index >= 15 is 0 Å². The molecule has 0 spiro atoms. The van der Waals surface area contributed by atoms with Crippen LogP contribution in [0, 0.1) is 0 Å². The van der Waals surface area contributed by atoms with Crippen molar-refractivity contribution in [1.82, 2.24) is 0 Å². The van der Waals surface area contributed by atoms with Gasteiger partial charge in [-0.15, -0.1) is 0 Å². The Morgan fingerprint density at radius 3 is 2.17 bits per heavy atom. The lowest BCUT2D eigenvalue weighted by atomic mass is 9.93. The van der Waals surface area contributed by atoms with Crippen LogP contribution in [-0.2, 0) is 9.59 Å². The number of phenols is 1. The maximum atomic E-state index is 13.3. The Kier molecular flexibility index (Phi) is 6.79. The predicted molar refractivity (Wildman–Crippen MR) is 136 cm³/mol. The Labute approximate surface area is 213 Å². The van der Waals surface area contributed by atoms with E-state index in [1.54, 1.807) is 37.4 Å². The Morgan fingerprint density at radius 2 is 1.60 bits per heavy atom. The van der Waals surface area contributed by atoms with Crippen molar-refractivity contribution >= 4 is 46.3 Å². The summed E-state index contributed by atoms with van der Waals surface area (Å²) in [4.78, 5) is 27.8. The first-order chi connectivity index (χ1) is 16.6. The van der Waals surface area contributed by atoms with E-state index in [0.717, 1.165) is 5.56 Å². The second-order valence-corrected chi connectivity index (χ2v) is 9.37. The molecular weight excluding hydrogens is 489 g/mol. The zero-order valence-corrected chi connectivity index (χ0v) is 20.8. The summed E-state index contributed by atoms with van der Waals surface area (Å²) >= 11 is 12.4. The minimum Gasteiger partial charge on any atom is -0.508 e. The molecule has 0 bridgehead atoms. The Balaban J connectivity index is 1.96. The molecule has 1 heterocycles. The van der Waals surface area contributed by atoms with Gasteiger partial charge in [0.05, 0.1) is 18.7 Å². The van der Waals surface area contributed by atoms with Gasteiger partial charge in [0.2, 0.25) is 0 Å². The molecule has 1 atom stereocenters. The third-order valence-electron chi connectivity index (χ3n) is 5.90. The summed E-state index contributed by atoms with van der Waals surface area (Å²) in [5, 5.41) is 21.7. The lowest BCUT2D eigenvalue weighted by Gasteiger charge is -2.26. The number of hydrogen-bond donors (Lipinski definition) is 2. The van der Waals surface area contributed by atoms with Crippen LogP contribution in [0.25, 0.3) is 5.76 Å². The van der Waals surface area contributed by atoms with Gasteiger partial charge in [0.1, 0.15) is 17.3 Å². The van der Waals surface area contributed by atoms with E-state index in [4.69, 9.17) is 27.9 Å². The number of carbonyl (C=O) groups excluding carboxylic acids is 2. The first-order valence-corrected chi connectivity index (χ1v) is 11.6. The van der Waals surface area contributed by atoms with E-state index in [-0.39, 0.29) is 33.0 Å². The van der Waals surface area contributed by atoms with Gasteiger partial charge in [-0.25, -0.2) is 0 Å². The minimum atomic E-state index is -0.977. The molecule has 0 radical (unpaired) electrons.